The zero-order valence-electron chi connectivity index (χ0n) is 9.94. The average Bonchev–Trinajstić information content (AvgIpc) is 2.29. The highest BCUT2D eigenvalue weighted by atomic mass is 79.9. The fourth-order valence-corrected chi connectivity index (χ4v) is 1.14. The predicted molar refractivity (Wildman–Crippen MR) is 69.5 cm³/mol. The van der Waals surface area contributed by atoms with Crippen LogP contribution in [0.5, 0.6) is 0 Å². The van der Waals surface area contributed by atoms with Crippen LogP contribution < -0.4 is 0 Å². The molecule has 0 atom stereocenters. The Bertz CT molecular complexity index is 286. The summed E-state index contributed by atoms with van der Waals surface area (Å²) in [6.45, 7) is 0.793. The van der Waals surface area contributed by atoms with Crippen molar-refractivity contribution >= 4 is 22.3 Å². The quantitative estimate of drug-likeness (QED) is 0.796. The summed E-state index contributed by atoms with van der Waals surface area (Å²) in [5.74, 6) is 0. The van der Waals surface area contributed by atoms with E-state index in [1.165, 1.54) is 10.5 Å². The molecule has 3 nitrogen and oxygen atoms in total. The van der Waals surface area contributed by atoms with Gasteiger partial charge in [0.15, 0.2) is 0 Å². The molecule has 0 saturated carbocycles. The molecule has 1 amide bonds. The Morgan fingerprint density at radius 2 is 1.81 bits per heavy atom. The molecule has 0 radical (unpaired) electrons. The van der Waals surface area contributed by atoms with Crippen molar-refractivity contribution in [1.82, 2.24) is 4.90 Å². The largest absolute Gasteiger partial charge is 0.384 e. The minimum Gasteiger partial charge on any atom is -0.384 e. The Hall–Kier alpha value is -0.870. The van der Waals surface area contributed by atoms with E-state index in [9.17, 15) is 4.79 Å². The molecule has 0 N–H and O–H groups in total. The highest BCUT2D eigenvalue weighted by Crippen LogP contribution is 2.10. The molecule has 1 aromatic rings. The third kappa shape index (κ3) is 8.44. The maximum Gasteiger partial charge on any atom is 0.209 e. The van der Waals surface area contributed by atoms with Crippen molar-refractivity contribution in [2.45, 2.75) is 6.42 Å². The van der Waals surface area contributed by atoms with Crippen molar-refractivity contribution in [3.63, 3.8) is 0 Å². The summed E-state index contributed by atoms with van der Waals surface area (Å²) < 4.78 is 6.09. The van der Waals surface area contributed by atoms with Gasteiger partial charge in [0.25, 0.3) is 0 Å². The van der Waals surface area contributed by atoms with Gasteiger partial charge in [0.2, 0.25) is 6.41 Å². The lowest BCUT2D eigenvalue weighted by Crippen LogP contribution is -2.06. The number of amides is 1. The number of benzene rings is 1. The van der Waals surface area contributed by atoms with Crippen molar-refractivity contribution < 1.29 is 9.53 Å². The number of rotatable bonds is 4. The first kappa shape index (κ1) is 15.1. The maximum absolute atomic E-state index is 9.43. The van der Waals surface area contributed by atoms with Gasteiger partial charge in [-0.1, -0.05) is 28.1 Å². The first-order valence-corrected chi connectivity index (χ1v) is 5.74. The van der Waals surface area contributed by atoms with Gasteiger partial charge in [-0.2, -0.15) is 0 Å². The van der Waals surface area contributed by atoms with E-state index in [-0.39, 0.29) is 0 Å². The molecule has 1 rings (SSSR count). The second kappa shape index (κ2) is 9.36. The lowest BCUT2D eigenvalue weighted by molar-refractivity contribution is -0.115. The smallest absolute Gasteiger partial charge is 0.209 e. The fraction of sp³-hybridized carbons (Fsp3) is 0.417. The van der Waals surface area contributed by atoms with Gasteiger partial charge in [0.05, 0.1) is 6.61 Å². The lowest BCUT2D eigenvalue weighted by atomic mass is 10.2. The molecule has 90 valence electrons. The van der Waals surface area contributed by atoms with Gasteiger partial charge in [-0.3, -0.25) is 4.79 Å². The number of ether oxygens (including phenoxy) is 1. The highest BCUT2D eigenvalue weighted by Gasteiger charge is 1.91. The van der Waals surface area contributed by atoms with E-state index in [4.69, 9.17) is 4.74 Å². The van der Waals surface area contributed by atoms with Crippen LogP contribution in [0.2, 0.25) is 0 Å². The van der Waals surface area contributed by atoms with Gasteiger partial charge < -0.3 is 9.64 Å². The molecule has 0 aliphatic rings. The van der Waals surface area contributed by atoms with Crippen LogP contribution in [0.3, 0.4) is 0 Å². The second-order valence-corrected chi connectivity index (χ2v) is 4.35. The molecule has 0 fully saturated rings. The maximum atomic E-state index is 9.43. The Morgan fingerprint density at radius 1 is 1.31 bits per heavy atom. The zero-order valence-corrected chi connectivity index (χ0v) is 11.5. The first-order chi connectivity index (χ1) is 7.60. The Kier molecular flexibility index (Phi) is 8.85. The number of carbonyl (C=O) groups is 1. The normalized spacial score (nSPS) is 9.00. The minimum absolute atomic E-state index is 0.750. The van der Waals surface area contributed by atoms with Crippen LogP contribution >= 0.6 is 15.9 Å². The fourth-order valence-electron chi connectivity index (χ4n) is 0.871. The molecule has 0 heterocycles. The lowest BCUT2D eigenvalue weighted by Gasteiger charge is -1.99. The highest BCUT2D eigenvalue weighted by molar-refractivity contribution is 9.10. The molecule has 0 saturated heterocycles. The third-order valence-electron chi connectivity index (χ3n) is 1.72. The molecular weight excluding hydrogens is 270 g/mol. The molecule has 0 unspecified atom stereocenters. The van der Waals surface area contributed by atoms with E-state index in [0.29, 0.717) is 0 Å². The van der Waals surface area contributed by atoms with Crippen LogP contribution in [0.15, 0.2) is 28.7 Å². The Morgan fingerprint density at radius 3 is 2.19 bits per heavy atom. The van der Waals surface area contributed by atoms with Crippen molar-refractivity contribution in [3.8, 4) is 0 Å². The van der Waals surface area contributed by atoms with Crippen LogP contribution in [0, 0.1) is 0 Å². The zero-order chi connectivity index (χ0) is 12.4. The van der Waals surface area contributed by atoms with Crippen molar-refractivity contribution in [3.05, 3.63) is 34.3 Å². The summed E-state index contributed by atoms with van der Waals surface area (Å²) in [5.41, 5.74) is 1.31. The summed E-state index contributed by atoms with van der Waals surface area (Å²) >= 11 is 3.38. The van der Waals surface area contributed by atoms with Crippen LogP contribution in [0.4, 0.5) is 0 Å². The molecular formula is C12H18BrNO2. The minimum atomic E-state index is 0.750. The summed E-state index contributed by atoms with van der Waals surface area (Å²) in [6, 6.07) is 8.29. The van der Waals surface area contributed by atoms with Gasteiger partial charge in [-0.15, -0.1) is 0 Å². The monoisotopic (exact) mass is 287 g/mol. The van der Waals surface area contributed by atoms with Gasteiger partial charge in [0, 0.05) is 25.7 Å². The Balaban J connectivity index is 0.000000385. The number of methoxy groups -OCH3 is 1. The second-order valence-electron chi connectivity index (χ2n) is 3.44. The standard InChI is InChI=1S/C9H11BrO.C3H7NO/c1-11-7-6-8-2-4-9(10)5-3-8;1-4(2)3-5/h2-5H,6-7H2,1H3;3H,1-2H3. The molecule has 0 aromatic heterocycles. The van der Waals surface area contributed by atoms with Crippen molar-refractivity contribution in [1.29, 1.82) is 0 Å². The molecule has 0 aliphatic carbocycles. The van der Waals surface area contributed by atoms with Gasteiger partial charge in [-0.05, 0) is 24.1 Å². The Labute approximate surface area is 106 Å². The van der Waals surface area contributed by atoms with E-state index >= 15 is 0 Å². The molecule has 0 bridgehead atoms. The topological polar surface area (TPSA) is 29.5 Å². The van der Waals surface area contributed by atoms with Gasteiger partial charge in [-0.25, -0.2) is 0 Å². The number of hydrogen-bond donors (Lipinski definition) is 0. The van der Waals surface area contributed by atoms with E-state index in [0.717, 1.165) is 23.9 Å². The molecule has 4 heteroatoms. The number of carbonyl (C=O) groups excluding carboxylic acids is 1. The van der Waals surface area contributed by atoms with Gasteiger partial charge in [0.1, 0.15) is 0 Å². The molecule has 1 aromatic carbocycles. The summed E-state index contributed by atoms with van der Waals surface area (Å²) in [5, 5.41) is 0. The molecule has 16 heavy (non-hydrogen) atoms. The summed E-state index contributed by atoms with van der Waals surface area (Å²) in [6.07, 6.45) is 1.74. The molecule has 0 aliphatic heterocycles. The van der Waals surface area contributed by atoms with E-state index < -0.39 is 0 Å². The van der Waals surface area contributed by atoms with Crippen molar-refractivity contribution in [2.24, 2.45) is 0 Å². The van der Waals surface area contributed by atoms with E-state index in [1.807, 2.05) is 12.1 Å². The average molecular weight is 288 g/mol. The van der Waals surface area contributed by atoms with Crippen LogP contribution in [-0.2, 0) is 16.0 Å². The predicted octanol–water partition coefficient (Wildman–Crippen LogP) is 2.34. The van der Waals surface area contributed by atoms with Crippen molar-refractivity contribution in [2.75, 3.05) is 27.8 Å². The van der Waals surface area contributed by atoms with Crippen LogP contribution in [-0.4, -0.2) is 39.1 Å². The first-order valence-electron chi connectivity index (χ1n) is 4.95. The number of nitrogens with zero attached hydrogens (tertiary/aromatic N) is 1. The SMILES string of the molecule is CN(C)C=O.COCCc1ccc(Br)cc1. The van der Waals surface area contributed by atoms with Gasteiger partial charge >= 0.3 is 0 Å². The molecule has 0 spiro atoms. The summed E-state index contributed by atoms with van der Waals surface area (Å²) in [4.78, 5) is 10.9. The number of hydrogen-bond acceptors (Lipinski definition) is 2. The van der Waals surface area contributed by atoms with Crippen LogP contribution in [0.25, 0.3) is 0 Å². The van der Waals surface area contributed by atoms with E-state index in [1.54, 1.807) is 21.2 Å². The number of halogens is 1. The third-order valence-corrected chi connectivity index (χ3v) is 2.25. The summed E-state index contributed by atoms with van der Waals surface area (Å²) in [7, 11) is 5.10. The van der Waals surface area contributed by atoms with E-state index in [2.05, 4.69) is 28.1 Å². The van der Waals surface area contributed by atoms with Crippen LogP contribution in [0.1, 0.15) is 5.56 Å².